The van der Waals surface area contributed by atoms with Gasteiger partial charge in [-0.2, -0.15) is 0 Å². The Kier molecular flexibility index (Phi) is 2.80. The summed E-state index contributed by atoms with van der Waals surface area (Å²) >= 11 is 6.09. The largest absolute Gasteiger partial charge is 0.313 e. The first kappa shape index (κ1) is 11.3. The van der Waals surface area contributed by atoms with E-state index in [1.54, 1.807) is 48.5 Å². The second-order valence-electron chi connectivity index (χ2n) is 4.97. The first-order chi connectivity index (χ1) is 11.7. The number of hydrogen-bond donors (Lipinski definition) is 0. The van der Waals surface area contributed by atoms with Crippen LogP contribution in [-0.2, 0) is 9.59 Å². The number of nitrogens with zero attached hydrogens (tertiary/aromatic N) is 2. The van der Waals surface area contributed by atoms with Gasteiger partial charge in [-0.3, -0.25) is 14.5 Å². The average molecular weight is 318 g/mol. The van der Waals surface area contributed by atoms with Gasteiger partial charge in [0.25, 0.3) is 0 Å². The Labute approximate surface area is 138 Å². The zero-order valence-corrected chi connectivity index (χ0v) is 12.5. The van der Waals surface area contributed by atoms with E-state index in [1.165, 1.54) is 16.8 Å². The highest BCUT2D eigenvalue weighted by Crippen LogP contribution is 2.39. The van der Waals surface area contributed by atoms with Crippen molar-refractivity contribution in [2.75, 3.05) is 16.8 Å². The number of fused-ring (bicyclic) bond motifs is 1. The van der Waals surface area contributed by atoms with Crippen LogP contribution in [0.25, 0.3) is 0 Å². The van der Waals surface area contributed by atoms with Crippen LogP contribution >= 0.6 is 11.6 Å². The lowest BCUT2D eigenvalue weighted by molar-refractivity contribution is -0.130. The maximum atomic E-state index is 13.1. The van der Waals surface area contributed by atoms with Crippen molar-refractivity contribution in [2.24, 2.45) is 5.92 Å². The lowest BCUT2D eigenvalue weighted by Crippen LogP contribution is -2.37. The van der Waals surface area contributed by atoms with Crippen LogP contribution < -0.4 is 9.80 Å². The Morgan fingerprint density at radius 2 is 1.77 bits per heavy atom. The van der Waals surface area contributed by atoms with E-state index in [-0.39, 0.29) is 0 Å². The molecule has 0 saturated heterocycles. The predicted octanol–water partition coefficient (Wildman–Crippen LogP) is 3.62. The molecule has 0 N–H and O–H groups in total. The van der Waals surface area contributed by atoms with Crippen LogP contribution in [0.2, 0.25) is 5.02 Å². The summed E-state index contributed by atoms with van der Waals surface area (Å²) in [6.07, 6.45) is 0. The lowest BCUT2D eigenvalue weighted by atomic mass is 10.1. The molecule has 112 valence electrons. The SMILES string of the molecule is [2H]C([2H])([2H])C1C(=O)N(C)c2ccc(Cl)cc2N(c2ccccc2)C1=O. The van der Waals surface area contributed by atoms with Gasteiger partial charge < -0.3 is 4.90 Å². The van der Waals surface area contributed by atoms with Crippen LogP contribution in [0.15, 0.2) is 48.5 Å². The fourth-order valence-corrected chi connectivity index (χ4v) is 2.63. The first-order valence-corrected chi connectivity index (χ1v) is 7.06. The van der Waals surface area contributed by atoms with Crippen molar-refractivity contribution < 1.29 is 13.7 Å². The van der Waals surface area contributed by atoms with Crippen LogP contribution in [-0.4, -0.2) is 18.9 Å². The summed E-state index contributed by atoms with van der Waals surface area (Å²) in [5.41, 5.74) is 1.25. The molecule has 2 amide bonds. The Bertz CT molecular complexity index is 840. The van der Waals surface area contributed by atoms with Gasteiger partial charge in [0.05, 0.1) is 11.4 Å². The van der Waals surface area contributed by atoms with E-state index >= 15 is 0 Å². The number of hydrogen-bond acceptors (Lipinski definition) is 2. The number of benzene rings is 2. The molecule has 1 atom stereocenters. The van der Waals surface area contributed by atoms with E-state index in [9.17, 15) is 9.59 Å². The van der Waals surface area contributed by atoms with Gasteiger partial charge in [-0.15, -0.1) is 0 Å². The molecule has 2 aromatic carbocycles. The van der Waals surface area contributed by atoms with Crippen molar-refractivity contribution in [1.29, 1.82) is 0 Å². The van der Waals surface area contributed by atoms with Gasteiger partial charge in [-0.1, -0.05) is 29.8 Å². The molecule has 3 rings (SSSR count). The van der Waals surface area contributed by atoms with E-state index in [4.69, 9.17) is 15.7 Å². The molecule has 0 radical (unpaired) electrons. The number of carbonyl (C=O) groups is 2. The van der Waals surface area contributed by atoms with Crippen LogP contribution in [0.1, 0.15) is 11.0 Å². The molecule has 1 aliphatic rings. The summed E-state index contributed by atoms with van der Waals surface area (Å²) in [7, 11) is 1.45. The molecule has 0 saturated carbocycles. The predicted molar refractivity (Wildman–Crippen MR) is 87.6 cm³/mol. The fraction of sp³-hybridized carbons (Fsp3) is 0.176. The van der Waals surface area contributed by atoms with E-state index in [2.05, 4.69) is 0 Å². The number of halogens is 1. The fourth-order valence-electron chi connectivity index (χ4n) is 2.47. The van der Waals surface area contributed by atoms with Gasteiger partial charge in [0.2, 0.25) is 11.8 Å². The average Bonchev–Trinajstić information content (AvgIpc) is 2.61. The minimum absolute atomic E-state index is 0.367. The molecule has 22 heavy (non-hydrogen) atoms. The molecule has 2 aromatic rings. The van der Waals surface area contributed by atoms with E-state index < -0.39 is 24.6 Å². The molecule has 1 unspecified atom stereocenters. The van der Waals surface area contributed by atoms with Gasteiger partial charge in [-0.25, -0.2) is 0 Å². The number of rotatable bonds is 1. The van der Waals surface area contributed by atoms with Crippen molar-refractivity contribution in [3.63, 3.8) is 0 Å². The van der Waals surface area contributed by atoms with Crippen molar-refractivity contribution in [1.82, 2.24) is 0 Å². The highest BCUT2D eigenvalue weighted by molar-refractivity contribution is 6.31. The third-order valence-corrected chi connectivity index (χ3v) is 3.83. The third kappa shape index (κ3) is 2.25. The molecular weight excluding hydrogens is 300 g/mol. The summed E-state index contributed by atoms with van der Waals surface area (Å²) < 4.78 is 23.1. The second-order valence-corrected chi connectivity index (χ2v) is 5.41. The molecule has 1 heterocycles. The number of amides is 2. The van der Waals surface area contributed by atoms with Gasteiger partial charge in [-0.05, 0) is 37.2 Å². The Morgan fingerprint density at radius 1 is 1.05 bits per heavy atom. The van der Waals surface area contributed by atoms with Crippen LogP contribution in [0.3, 0.4) is 0 Å². The molecule has 5 heteroatoms. The minimum atomic E-state index is -2.76. The Morgan fingerprint density at radius 3 is 2.45 bits per heavy atom. The molecule has 4 nitrogen and oxygen atoms in total. The van der Waals surface area contributed by atoms with Crippen molar-refractivity contribution in [2.45, 2.75) is 6.85 Å². The zero-order chi connectivity index (χ0) is 18.4. The van der Waals surface area contributed by atoms with Crippen LogP contribution in [0.4, 0.5) is 17.1 Å². The smallest absolute Gasteiger partial charge is 0.243 e. The maximum absolute atomic E-state index is 13.1. The van der Waals surface area contributed by atoms with Gasteiger partial charge in [0.1, 0.15) is 5.92 Å². The topological polar surface area (TPSA) is 40.6 Å². The molecule has 0 fully saturated rings. The van der Waals surface area contributed by atoms with Crippen LogP contribution in [0.5, 0.6) is 0 Å². The molecule has 0 spiro atoms. The van der Waals surface area contributed by atoms with Crippen LogP contribution in [0, 0.1) is 5.92 Å². The number of anilines is 3. The molecule has 0 aromatic heterocycles. The number of para-hydroxylation sites is 1. The van der Waals surface area contributed by atoms with Gasteiger partial charge >= 0.3 is 0 Å². The first-order valence-electron chi connectivity index (χ1n) is 8.18. The summed E-state index contributed by atoms with van der Waals surface area (Å²) in [6, 6.07) is 13.3. The Balaban J connectivity index is 2.30. The van der Waals surface area contributed by atoms with Crippen molar-refractivity contribution >= 4 is 40.5 Å². The van der Waals surface area contributed by atoms with Crippen molar-refractivity contribution in [3.05, 3.63) is 53.6 Å². The normalized spacial score (nSPS) is 20.8. The quantitative estimate of drug-likeness (QED) is 0.754. The molecule has 1 aliphatic heterocycles. The van der Waals surface area contributed by atoms with Gasteiger partial charge in [0, 0.05) is 21.9 Å². The highest BCUT2D eigenvalue weighted by atomic mass is 35.5. The summed E-state index contributed by atoms with van der Waals surface area (Å²) in [5.74, 6) is -3.36. The van der Waals surface area contributed by atoms with Gasteiger partial charge in [0.15, 0.2) is 0 Å². The van der Waals surface area contributed by atoms with Crippen molar-refractivity contribution in [3.8, 4) is 0 Å². The standard InChI is InChI=1S/C17H15ClN2O2/c1-11-16(21)19(2)14-9-8-12(18)10-15(14)20(17(11)22)13-6-4-3-5-7-13/h3-11H,1-2H3/i1D3. The maximum Gasteiger partial charge on any atom is 0.243 e. The monoisotopic (exact) mass is 317 g/mol. The summed E-state index contributed by atoms with van der Waals surface area (Å²) in [6.45, 7) is -2.76. The molecule has 0 bridgehead atoms. The number of carbonyl (C=O) groups excluding carboxylic acids is 2. The lowest BCUT2D eigenvalue weighted by Gasteiger charge is -2.24. The van der Waals surface area contributed by atoms with E-state index in [0.717, 1.165) is 0 Å². The Hall–Kier alpha value is -2.33. The summed E-state index contributed by atoms with van der Waals surface area (Å²) in [4.78, 5) is 28.3. The second kappa shape index (κ2) is 5.46. The highest BCUT2D eigenvalue weighted by Gasteiger charge is 2.36. The van der Waals surface area contributed by atoms with E-state index in [1.807, 2.05) is 0 Å². The zero-order valence-electron chi connectivity index (χ0n) is 14.8. The minimum Gasteiger partial charge on any atom is -0.313 e. The molecular formula is C17H15ClN2O2. The van der Waals surface area contributed by atoms with E-state index in [0.29, 0.717) is 22.1 Å². The molecule has 0 aliphatic carbocycles. The summed E-state index contributed by atoms with van der Waals surface area (Å²) in [5, 5.41) is 0.376. The third-order valence-electron chi connectivity index (χ3n) is 3.60.